The van der Waals surface area contributed by atoms with E-state index in [9.17, 15) is 22.0 Å². The standard InChI is InChI=1S/C9H19F2N3O3S/c1-3-18(16,17)13-6-4-5-12-9(15)14(2)7-8(10)11/h8,13H,3-7H2,1-2H3,(H,12,15). The predicted octanol–water partition coefficient (Wildman–Crippen LogP) is 0.222. The lowest BCUT2D eigenvalue weighted by molar-refractivity contribution is 0.108. The molecule has 0 saturated carbocycles. The van der Waals surface area contributed by atoms with Crippen LogP contribution in [0.5, 0.6) is 0 Å². The summed E-state index contributed by atoms with van der Waals surface area (Å²) in [4.78, 5) is 12.1. The van der Waals surface area contributed by atoms with Crippen molar-refractivity contribution in [3.05, 3.63) is 0 Å². The van der Waals surface area contributed by atoms with E-state index in [4.69, 9.17) is 0 Å². The van der Waals surface area contributed by atoms with Crippen LogP contribution in [0.15, 0.2) is 0 Å². The molecule has 0 bridgehead atoms. The number of rotatable bonds is 8. The van der Waals surface area contributed by atoms with Gasteiger partial charge in [-0.2, -0.15) is 0 Å². The third-order valence-corrected chi connectivity index (χ3v) is 3.49. The van der Waals surface area contributed by atoms with Gasteiger partial charge in [-0.15, -0.1) is 0 Å². The van der Waals surface area contributed by atoms with Crippen molar-refractivity contribution >= 4 is 16.1 Å². The highest BCUT2D eigenvalue weighted by atomic mass is 32.2. The molecule has 0 aromatic heterocycles. The first-order valence-electron chi connectivity index (χ1n) is 5.53. The van der Waals surface area contributed by atoms with Crippen molar-refractivity contribution < 1.29 is 22.0 Å². The molecule has 0 fully saturated rings. The van der Waals surface area contributed by atoms with Crippen LogP contribution in [0.1, 0.15) is 13.3 Å². The Morgan fingerprint density at radius 3 is 2.44 bits per heavy atom. The van der Waals surface area contributed by atoms with Crippen LogP contribution < -0.4 is 10.0 Å². The van der Waals surface area contributed by atoms with Crippen LogP contribution in [0.25, 0.3) is 0 Å². The van der Waals surface area contributed by atoms with E-state index in [1.54, 1.807) is 0 Å². The first kappa shape index (κ1) is 17.0. The molecule has 0 aliphatic carbocycles. The summed E-state index contributed by atoms with van der Waals surface area (Å²) < 4.78 is 48.3. The number of carbonyl (C=O) groups is 1. The van der Waals surface area contributed by atoms with Crippen molar-refractivity contribution in [2.75, 3.05) is 32.4 Å². The highest BCUT2D eigenvalue weighted by Gasteiger charge is 2.13. The normalized spacial score (nSPS) is 11.6. The maximum Gasteiger partial charge on any atom is 0.317 e. The largest absolute Gasteiger partial charge is 0.338 e. The Morgan fingerprint density at radius 1 is 1.33 bits per heavy atom. The number of halogens is 2. The Labute approximate surface area is 106 Å². The molecule has 0 spiro atoms. The number of nitrogens with zero attached hydrogens (tertiary/aromatic N) is 1. The predicted molar refractivity (Wildman–Crippen MR) is 64.1 cm³/mol. The summed E-state index contributed by atoms with van der Waals surface area (Å²) in [5.41, 5.74) is 0. The first-order valence-corrected chi connectivity index (χ1v) is 7.18. The van der Waals surface area contributed by atoms with Crippen LogP contribution >= 0.6 is 0 Å². The van der Waals surface area contributed by atoms with Gasteiger partial charge in [0.05, 0.1) is 12.3 Å². The van der Waals surface area contributed by atoms with Crippen LogP contribution in [0.2, 0.25) is 0 Å². The molecule has 9 heteroatoms. The lowest BCUT2D eigenvalue weighted by Crippen LogP contribution is -2.40. The molecule has 0 aliphatic heterocycles. The molecule has 0 radical (unpaired) electrons. The summed E-state index contributed by atoms with van der Waals surface area (Å²) in [5.74, 6) is -0.00349. The van der Waals surface area contributed by atoms with Gasteiger partial charge >= 0.3 is 6.03 Å². The van der Waals surface area contributed by atoms with E-state index in [1.165, 1.54) is 14.0 Å². The number of alkyl halides is 2. The fraction of sp³-hybridized carbons (Fsp3) is 0.889. The zero-order valence-electron chi connectivity index (χ0n) is 10.4. The minimum atomic E-state index is -3.22. The number of amides is 2. The van der Waals surface area contributed by atoms with Crippen molar-refractivity contribution in [2.24, 2.45) is 0 Å². The second-order valence-electron chi connectivity index (χ2n) is 3.65. The average molecular weight is 287 g/mol. The highest BCUT2D eigenvalue weighted by Crippen LogP contribution is 1.95. The van der Waals surface area contributed by atoms with Crippen LogP contribution in [0.3, 0.4) is 0 Å². The molecule has 0 aromatic carbocycles. The highest BCUT2D eigenvalue weighted by molar-refractivity contribution is 7.89. The monoisotopic (exact) mass is 287 g/mol. The Bertz CT molecular complexity index is 349. The second kappa shape index (κ2) is 8.20. The SMILES string of the molecule is CCS(=O)(=O)NCCCNC(=O)N(C)CC(F)F. The second-order valence-corrected chi connectivity index (χ2v) is 5.75. The van der Waals surface area contributed by atoms with Gasteiger partial charge in [-0.05, 0) is 13.3 Å². The van der Waals surface area contributed by atoms with E-state index in [-0.39, 0.29) is 18.8 Å². The van der Waals surface area contributed by atoms with Gasteiger partial charge in [0.2, 0.25) is 10.0 Å². The van der Waals surface area contributed by atoms with Gasteiger partial charge in [0.25, 0.3) is 6.43 Å². The van der Waals surface area contributed by atoms with E-state index in [0.29, 0.717) is 6.42 Å². The van der Waals surface area contributed by atoms with Crippen LogP contribution in [-0.2, 0) is 10.0 Å². The molecule has 2 amide bonds. The molecule has 0 heterocycles. The number of hydrogen-bond donors (Lipinski definition) is 2. The molecule has 0 aliphatic rings. The maximum absolute atomic E-state index is 12.0. The Balaban J connectivity index is 3.70. The molecule has 18 heavy (non-hydrogen) atoms. The van der Waals surface area contributed by atoms with Crippen LogP contribution in [0.4, 0.5) is 13.6 Å². The fourth-order valence-electron chi connectivity index (χ4n) is 1.04. The van der Waals surface area contributed by atoms with Crippen molar-refractivity contribution in [1.29, 1.82) is 0 Å². The van der Waals surface area contributed by atoms with E-state index in [0.717, 1.165) is 4.90 Å². The lowest BCUT2D eigenvalue weighted by Gasteiger charge is -2.17. The molecular weight excluding hydrogens is 268 g/mol. The molecule has 0 aromatic rings. The molecule has 0 saturated heterocycles. The molecule has 6 nitrogen and oxygen atoms in total. The molecule has 0 rings (SSSR count). The number of carbonyl (C=O) groups excluding carboxylic acids is 1. The minimum absolute atomic E-state index is 0.00349. The van der Waals surface area contributed by atoms with Gasteiger partial charge in [-0.1, -0.05) is 0 Å². The summed E-state index contributed by atoms with van der Waals surface area (Å²) in [6.07, 6.45) is -2.18. The van der Waals surface area contributed by atoms with E-state index >= 15 is 0 Å². The Morgan fingerprint density at radius 2 is 1.94 bits per heavy atom. The average Bonchev–Trinajstić information content (AvgIpc) is 2.27. The van der Waals surface area contributed by atoms with Crippen LogP contribution in [-0.4, -0.2) is 58.2 Å². The molecule has 0 unspecified atom stereocenters. The zero-order chi connectivity index (χ0) is 14.2. The van der Waals surface area contributed by atoms with Crippen molar-refractivity contribution in [3.8, 4) is 0 Å². The third kappa shape index (κ3) is 8.18. The van der Waals surface area contributed by atoms with E-state index < -0.39 is 29.0 Å². The van der Waals surface area contributed by atoms with Gasteiger partial charge in [0.1, 0.15) is 0 Å². The van der Waals surface area contributed by atoms with Gasteiger partial charge in [-0.3, -0.25) is 0 Å². The van der Waals surface area contributed by atoms with Crippen molar-refractivity contribution in [1.82, 2.24) is 14.9 Å². The fourth-order valence-corrected chi connectivity index (χ4v) is 1.70. The molecule has 2 N–H and O–H groups in total. The van der Waals surface area contributed by atoms with Crippen molar-refractivity contribution in [3.63, 3.8) is 0 Å². The summed E-state index contributed by atoms with van der Waals surface area (Å²) in [6.45, 7) is 1.31. The first-order chi connectivity index (χ1) is 8.28. The number of urea groups is 1. The third-order valence-electron chi connectivity index (χ3n) is 2.09. The summed E-state index contributed by atoms with van der Waals surface area (Å²) in [7, 11) is -1.96. The summed E-state index contributed by atoms with van der Waals surface area (Å²) >= 11 is 0. The van der Waals surface area contributed by atoms with Gasteiger partial charge in [0.15, 0.2) is 0 Å². The van der Waals surface area contributed by atoms with E-state index in [2.05, 4.69) is 10.0 Å². The van der Waals surface area contributed by atoms with Gasteiger partial charge in [-0.25, -0.2) is 26.7 Å². The van der Waals surface area contributed by atoms with E-state index in [1.807, 2.05) is 0 Å². The topological polar surface area (TPSA) is 78.5 Å². The summed E-state index contributed by atoms with van der Waals surface area (Å²) in [6, 6.07) is -0.603. The Hall–Kier alpha value is -0.960. The van der Waals surface area contributed by atoms with Gasteiger partial charge < -0.3 is 10.2 Å². The van der Waals surface area contributed by atoms with Crippen LogP contribution in [0, 0.1) is 0 Å². The summed E-state index contributed by atoms with van der Waals surface area (Å²) in [5, 5.41) is 2.41. The number of nitrogens with one attached hydrogen (secondary N) is 2. The minimum Gasteiger partial charge on any atom is -0.338 e. The van der Waals surface area contributed by atoms with Crippen molar-refractivity contribution in [2.45, 2.75) is 19.8 Å². The number of sulfonamides is 1. The molecule has 108 valence electrons. The Kier molecular flexibility index (Phi) is 7.76. The maximum atomic E-state index is 12.0. The molecular formula is C9H19F2N3O3S. The lowest BCUT2D eigenvalue weighted by atomic mass is 10.4. The zero-order valence-corrected chi connectivity index (χ0v) is 11.3. The number of hydrogen-bond acceptors (Lipinski definition) is 3. The molecule has 0 atom stereocenters. The quantitative estimate of drug-likeness (QED) is 0.627. The smallest absolute Gasteiger partial charge is 0.317 e. The van der Waals surface area contributed by atoms with Gasteiger partial charge in [0, 0.05) is 20.1 Å².